The summed E-state index contributed by atoms with van der Waals surface area (Å²) in [5, 5.41) is 0. The van der Waals surface area contributed by atoms with Crippen LogP contribution in [-0.4, -0.2) is 54.3 Å². The lowest BCUT2D eigenvalue weighted by atomic mass is 9.81. The Morgan fingerprint density at radius 3 is 2.56 bits per heavy atom. The molecule has 1 N–H and O–H groups in total. The van der Waals surface area contributed by atoms with Crippen LogP contribution in [0, 0.1) is 20.8 Å². The molecule has 1 atom stereocenters. The predicted octanol–water partition coefficient (Wildman–Crippen LogP) is 2.10. The third-order valence-corrected chi connectivity index (χ3v) is 6.01. The highest BCUT2D eigenvalue weighted by atomic mass is 16.5. The van der Waals surface area contributed by atoms with Crippen LogP contribution < -0.4 is 5.56 Å². The summed E-state index contributed by atoms with van der Waals surface area (Å²) in [6.07, 6.45) is 3.60. The number of pyridine rings is 1. The number of aromatic amines is 1. The summed E-state index contributed by atoms with van der Waals surface area (Å²) in [7, 11) is 1.73. The Labute approximate surface area is 148 Å². The zero-order valence-corrected chi connectivity index (χ0v) is 15.6. The highest BCUT2D eigenvalue weighted by molar-refractivity contribution is 5.95. The fourth-order valence-electron chi connectivity index (χ4n) is 4.17. The van der Waals surface area contributed by atoms with E-state index in [2.05, 4.69) is 4.98 Å². The first-order chi connectivity index (χ1) is 11.9. The van der Waals surface area contributed by atoms with Crippen LogP contribution in [0.25, 0.3) is 0 Å². The van der Waals surface area contributed by atoms with Crippen molar-refractivity contribution in [3.8, 4) is 0 Å². The van der Waals surface area contributed by atoms with Crippen molar-refractivity contribution >= 4 is 5.91 Å². The van der Waals surface area contributed by atoms with Crippen LogP contribution in [0.2, 0.25) is 0 Å². The van der Waals surface area contributed by atoms with E-state index in [1.807, 2.05) is 20.8 Å². The molecule has 2 aliphatic rings. The van der Waals surface area contributed by atoms with Crippen molar-refractivity contribution in [2.75, 3.05) is 26.8 Å². The summed E-state index contributed by atoms with van der Waals surface area (Å²) in [5.41, 5.74) is 2.24. The minimum atomic E-state index is -0.297. The molecule has 0 aliphatic carbocycles. The number of nitrogens with one attached hydrogen (secondary N) is 1. The molecule has 2 aliphatic heterocycles. The number of methoxy groups -OCH3 is 1. The Hall–Kier alpha value is -1.66. The lowest BCUT2D eigenvalue weighted by Gasteiger charge is -2.48. The zero-order chi connectivity index (χ0) is 18.2. The van der Waals surface area contributed by atoms with Gasteiger partial charge in [0.25, 0.3) is 11.5 Å². The lowest BCUT2D eigenvalue weighted by molar-refractivity contribution is -0.183. The van der Waals surface area contributed by atoms with Crippen molar-refractivity contribution in [1.82, 2.24) is 9.88 Å². The van der Waals surface area contributed by atoms with E-state index in [-0.39, 0.29) is 28.7 Å². The van der Waals surface area contributed by atoms with Gasteiger partial charge in [-0.25, -0.2) is 0 Å². The van der Waals surface area contributed by atoms with Crippen molar-refractivity contribution < 1.29 is 14.3 Å². The monoisotopic (exact) mass is 348 g/mol. The standard InChI is InChI=1S/C19H28N2O4/c1-12-13(2)16(17(22)20-14(12)3)18(23)21-9-7-19(8-10-21)15(24-4)6-5-11-25-19/h15H,5-11H2,1-4H3,(H,20,22)/t15-/m1/s1. The van der Waals surface area contributed by atoms with E-state index in [1.165, 1.54) is 0 Å². The van der Waals surface area contributed by atoms with E-state index in [9.17, 15) is 9.59 Å². The van der Waals surface area contributed by atoms with Crippen molar-refractivity contribution in [3.05, 3.63) is 32.7 Å². The second-order valence-corrected chi connectivity index (χ2v) is 7.28. The number of hydrogen-bond acceptors (Lipinski definition) is 4. The van der Waals surface area contributed by atoms with Crippen molar-refractivity contribution in [3.63, 3.8) is 0 Å². The maximum atomic E-state index is 13.0. The normalized spacial score (nSPS) is 23.0. The summed E-state index contributed by atoms with van der Waals surface area (Å²) in [6.45, 7) is 7.57. The van der Waals surface area contributed by atoms with E-state index >= 15 is 0 Å². The van der Waals surface area contributed by atoms with Crippen molar-refractivity contribution in [1.29, 1.82) is 0 Å². The van der Waals surface area contributed by atoms with Gasteiger partial charge in [0, 0.05) is 32.5 Å². The second kappa shape index (κ2) is 6.92. The molecule has 0 saturated carbocycles. The summed E-state index contributed by atoms with van der Waals surface area (Å²) in [6, 6.07) is 0. The number of aromatic nitrogens is 1. The van der Waals surface area contributed by atoms with Crippen LogP contribution in [0.4, 0.5) is 0 Å². The predicted molar refractivity (Wildman–Crippen MR) is 95.1 cm³/mol. The Balaban J connectivity index is 1.79. The number of aryl methyl sites for hydroxylation is 1. The number of H-pyrrole nitrogens is 1. The molecule has 1 aromatic rings. The summed E-state index contributed by atoms with van der Waals surface area (Å²) in [4.78, 5) is 29.9. The fourth-order valence-corrected chi connectivity index (χ4v) is 4.17. The van der Waals surface area contributed by atoms with Crippen LogP contribution in [0.15, 0.2) is 4.79 Å². The largest absolute Gasteiger partial charge is 0.378 e. The zero-order valence-electron chi connectivity index (χ0n) is 15.6. The number of rotatable bonds is 2. The lowest BCUT2D eigenvalue weighted by Crippen LogP contribution is -2.57. The molecular formula is C19H28N2O4. The molecule has 25 heavy (non-hydrogen) atoms. The van der Waals surface area contributed by atoms with Gasteiger partial charge >= 0.3 is 0 Å². The van der Waals surface area contributed by atoms with Crippen LogP contribution in [-0.2, 0) is 9.47 Å². The molecule has 0 unspecified atom stereocenters. The topological polar surface area (TPSA) is 71.6 Å². The van der Waals surface area contributed by atoms with Crippen LogP contribution in [0.3, 0.4) is 0 Å². The van der Waals surface area contributed by atoms with Gasteiger partial charge in [-0.1, -0.05) is 0 Å². The molecule has 138 valence electrons. The van der Waals surface area contributed by atoms with Crippen LogP contribution >= 0.6 is 0 Å². The maximum Gasteiger partial charge on any atom is 0.261 e. The molecular weight excluding hydrogens is 320 g/mol. The molecule has 6 heteroatoms. The summed E-state index contributed by atoms with van der Waals surface area (Å²) >= 11 is 0. The Kier molecular flexibility index (Phi) is 5.02. The number of piperidine rings is 1. The molecule has 1 amide bonds. The molecule has 0 bridgehead atoms. The molecule has 1 aromatic heterocycles. The number of carbonyl (C=O) groups is 1. The number of amides is 1. The Morgan fingerprint density at radius 2 is 1.92 bits per heavy atom. The SMILES string of the molecule is CO[C@@H]1CCCOC12CCN(C(=O)c1c(C)c(C)c(C)[nH]c1=O)CC2. The molecule has 2 saturated heterocycles. The van der Waals surface area contributed by atoms with Gasteiger partial charge in [0.15, 0.2) is 0 Å². The van der Waals surface area contributed by atoms with E-state index < -0.39 is 0 Å². The second-order valence-electron chi connectivity index (χ2n) is 7.28. The quantitative estimate of drug-likeness (QED) is 0.888. The van der Waals surface area contributed by atoms with Crippen LogP contribution in [0.1, 0.15) is 52.9 Å². The fraction of sp³-hybridized carbons (Fsp3) is 0.684. The minimum Gasteiger partial charge on any atom is -0.378 e. The number of hydrogen-bond donors (Lipinski definition) is 1. The van der Waals surface area contributed by atoms with Crippen molar-refractivity contribution in [2.45, 2.75) is 58.2 Å². The summed E-state index contributed by atoms with van der Waals surface area (Å²) < 4.78 is 11.7. The third kappa shape index (κ3) is 3.13. The van der Waals surface area contributed by atoms with E-state index in [0.717, 1.165) is 49.1 Å². The van der Waals surface area contributed by atoms with Gasteiger partial charge in [0.2, 0.25) is 0 Å². The molecule has 0 radical (unpaired) electrons. The average molecular weight is 348 g/mol. The molecule has 0 aromatic carbocycles. The van der Waals surface area contributed by atoms with Gasteiger partial charge in [0.05, 0.1) is 11.7 Å². The van der Waals surface area contributed by atoms with Gasteiger partial charge in [-0.3, -0.25) is 9.59 Å². The van der Waals surface area contributed by atoms with E-state index in [1.54, 1.807) is 12.0 Å². The Bertz CT molecular complexity index is 717. The molecule has 3 heterocycles. The first-order valence-corrected chi connectivity index (χ1v) is 9.06. The maximum absolute atomic E-state index is 13.0. The molecule has 6 nitrogen and oxygen atoms in total. The number of ether oxygens (including phenoxy) is 2. The van der Waals surface area contributed by atoms with Gasteiger partial charge in [-0.05, 0) is 57.6 Å². The highest BCUT2D eigenvalue weighted by Crippen LogP contribution is 2.37. The first-order valence-electron chi connectivity index (χ1n) is 9.06. The van der Waals surface area contributed by atoms with Gasteiger partial charge in [0.1, 0.15) is 5.56 Å². The number of nitrogens with zero attached hydrogens (tertiary/aromatic N) is 1. The number of likely N-dealkylation sites (tertiary alicyclic amines) is 1. The van der Waals surface area contributed by atoms with Gasteiger partial charge in [-0.2, -0.15) is 0 Å². The first kappa shape index (κ1) is 18.1. The number of carbonyl (C=O) groups excluding carboxylic acids is 1. The minimum absolute atomic E-state index is 0.0882. The molecule has 3 rings (SSSR count). The molecule has 1 spiro atoms. The smallest absolute Gasteiger partial charge is 0.261 e. The Morgan fingerprint density at radius 1 is 1.24 bits per heavy atom. The van der Waals surface area contributed by atoms with E-state index in [4.69, 9.17) is 9.47 Å². The highest BCUT2D eigenvalue weighted by Gasteiger charge is 2.45. The third-order valence-electron chi connectivity index (χ3n) is 6.01. The van der Waals surface area contributed by atoms with Crippen LogP contribution in [0.5, 0.6) is 0 Å². The van der Waals surface area contributed by atoms with Gasteiger partial charge < -0.3 is 19.4 Å². The summed E-state index contributed by atoms with van der Waals surface area (Å²) in [5.74, 6) is -0.179. The van der Waals surface area contributed by atoms with E-state index in [0.29, 0.717) is 13.1 Å². The van der Waals surface area contributed by atoms with Gasteiger partial charge in [-0.15, -0.1) is 0 Å². The van der Waals surface area contributed by atoms with Crippen molar-refractivity contribution in [2.24, 2.45) is 0 Å². The molecule has 2 fully saturated rings. The average Bonchev–Trinajstić information content (AvgIpc) is 2.61.